The van der Waals surface area contributed by atoms with Crippen LogP contribution in [-0.2, 0) is 4.74 Å². The van der Waals surface area contributed by atoms with E-state index >= 15 is 0 Å². The lowest BCUT2D eigenvalue weighted by Crippen LogP contribution is -2.34. The molecule has 0 aromatic rings. The highest BCUT2D eigenvalue weighted by atomic mass is 16.5. The molecule has 0 fully saturated rings. The second-order valence-corrected chi connectivity index (χ2v) is 1.64. The monoisotopic (exact) mass is 143 g/mol. The topological polar surface area (TPSA) is 50.8 Å². The van der Waals surface area contributed by atoms with Crippen LogP contribution in [0.3, 0.4) is 0 Å². The van der Waals surface area contributed by atoms with E-state index in [-0.39, 0.29) is 0 Å². The maximum Gasteiger partial charge on any atom is 0.306 e. The molecule has 0 saturated heterocycles. The molecule has 0 aliphatic rings. The van der Waals surface area contributed by atoms with Crippen LogP contribution in [0.1, 0.15) is 6.92 Å². The first-order valence-electron chi connectivity index (χ1n) is 3.02. The van der Waals surface area contributed by atoms with Gasteiger partial charge in [-0.2, -0.15) is 0 Å². The summed E-state index contributed by atoms with van der Waals surface area (Å²) >= 11 is 0. The van der Waals surface area contributed by atoms with Crippen molar-refractivity contribution in [3.8, 4) is 0 Å². The van der Waals surface area contributed by atoms with Gasteiger partial charge >= 0.3 is 6.02 Å². The van der Waals surface area contributed by atoms with Crippen LogP contribution in [0, 0.1) is 0 Å². The third-order valence-corrected chi connectivity index (χ3v) is 0.777. The zero-order chi connectivity index (χ0) is 7.98. The zero-order valence-electron chi connectivity index (χ0n) is 6.37. The molecule has 0 saturated carbocycles. The largest absolute Gasteiger partial charge is 0.464 e. The fraction of sp³-hybridized carbons (Fsp3) is 0.500. The van der Waals surface area contributed by atoms with Crippen LogP contribution >= 0.6 is 0 Å². The molecule has 58 valence electrons. The van der Waals surface area contributed by atoms with Crippen LogP contribution in [-0.4, -0.2) is 24.7 Å². The maximum absolute atomic E-state index is 5.34. The van der Waals surface area contributed by atoms with Gasteiger partial charge in [0.2, 0.25) is 0 Å². The molecule has 0 aliphatic heterocycles. The first-order chi connectivity index (χ1) is 4.72. The Balaban J connectivity index is 3.97. The van der Waals surface area contributed by atoms with Crippen LogP contribution in [0.15, 0.2) is 17.8 Å². The summed E-state index contributed by atoms with van der Waals surface area (Å²) in [7, 11) is 1.65. The number of hydrogen-bond acceptors (Lipinski definition) is 3. The second kappa shape index (κ2) is 4.81. The minimum absolute atomic E-state index is 0.373. The molecule has 4 heteroatoms. The predicted molar refractivity (Wildman–Crippen MR) is 41.2 cm³/mol. The van der Waals surface area contributed by atoms with Crippen LogP contribution in [0.25, 0.3) is 0 Å². The Morgan fingerprint density at radius 3 is 2.80 bits per heavy atom. The Hall–Kier alpha value is -1.03. The van der Waals surface area contributed by atoms with Gasteiger partial charge in [0.25, 0.3) is 0 Å². The molecule has 0 heterocycles. The Bertz CT molecular complexity index is 131. The number of amidine groups is 1. The summed E-state index contributed by atoms with van der Waals surface area (Å²) in [4.78, 5) is 3.77. The number of hydrogen-bond donors (Lipinski definition) is 1. The third kappa shape index (κ3) is 3.09. The summed E-state index contributed by atoms with van der Waals surface area (Å²) in [6.45, 7) is 5.83. The van der Waals surface area contributed by atoms with Crippen LogP contribution in [0.5, 0.6) is 0 Å². The van der Waals surface area contributed by atoms with Gasteiger partial charge in [0.1, 0.15) is 0 Å². The van der Waals surface area contributed by atoms with E-state index in [1.807, 2.05) is 6.92 Å². The molecule has 0 atom stereocenters. The van der Waals surface area contributed by atoms with Crippen molar-refractivity contribution in [2.75, 3.05) is 13.7 Å². The summed E-state index contributed by atoms with van der Waals surface area (Å²) in [5.74, 6) is 5.34. The van der Waals surface area contributed by atoms with E-state index in [0.717, 1.165) is 0 Å². The third-order valence-electron chi connectivity index (χ3n) is 0.777. The van der Waals surface area contributed by atoms with Gasteiger partial charge in [-0.3, -0.25) is 5.01 Å². The minimum Gasteiger partial charge on any atom is -0.464 e. The number of nitrogens with two attached hydrogens (primary N) is 1. The van der Waals surface area contributed by atoms with Crippen molar-refractivity contribution >= 4 is 6.02 Å². The van der Waals surface area contributed by atoms with Crippen molar-refractivity contribution in [1.29, 1.82) is 0 Å². The molecule has 10 heavy (non-hydrogen) atoms. The fourth-order valence-electron chi connectivity index (χ4n) is 0.437. The molecule has 0 radical (unpaired) electrons. The first-order valence-corrected chi connectivity index (χ1v) is 3.02. The van der Waals surface area contributed by atoms with Crippen LogP contribution in [0.4, 0.5) is 0 Å². The standard InChI is InChI=1S/C6H13N3O/c1-4-8-6(9(3)7)10-5-2/h4H,1,5,7H2,2-3H3. The van der Waals surface area contributed by atoms with Crippen LogP contribution in [0.2, 0.25) is 0 Å². The molecule has 0 unspecified atom stereocenters. The lowest BCUT2D eigenvalue weighted by atomic mass is 10.8. The highest BCUT2D eigenvalue weighted by molar-refractivity contribution is 5.73. The van der Waals surface area contributed by atoms with E-state index in [1.165, 1.54) is 11.2 Å². The Labute approximate surface area is 61.0 Å². The van der Waals surface area contributed by atoms with E-state index in [4.69, 9.17) is 10.6 Å². The van der Waals surface area contributed by atoms with Gasteiger partial charge in [0, 0.05) is 13.2 Å². The van der Waals surface area contributed by atoms with Crippen molar-refractivity contribution in [3.05, 3.63) is 12.8 Å². The second-order valence-electron chi connectivity index (χ2n) is 1.64. The highest BCUT2D eigenvalue weighted by Crippen LogP contribution is 1.84. The van der Waals surface area contributed by atoms with E-state index in [2.05, 4.69) is 11.6 Å². The van der Waals surface area contributed by atoms with Gasteiger partial charge in [-0.15, -0.1) is 0 Å². The molecule has 0 aromatic carbocycles. The predicted octanol–water partition coefficient (Wildman–Crippen LogP) is 0.328. The van der Waals surface area contributed by atoms with Crippen molar-refractivity contribution in [1.82, 2.24) is 5.01 Å². The highest BCUT2D eigenvalue weighted by Gasteiger charge is 1.98. The number of aliphatic imine (C=N–C) groups is 1. The summed E-state index contributed by atoms with van der Waals surface area (Å²) in [6.07, 6.45) is 1.38. The van der Waals surface area contributed by atoms with Crippen molar-refractivity contribution < 1.29 is 4.74 Å². The molecule has 0 aliphatic carbocycles. The fourth-order valence-corrected chi connectivity index (χ4v) is 0.437. The van der Waals surface area contributed by atoms with E-state index in [1.54, 1.807) is 7.05 Å². The molecule has 0 bridgehead atoms. The Kier molecular flexibility index (Phi) is 4.32. The quantitative estimate of drug-likeness (QED) is 0.262. The first kappa shape index (κ1) is 8.97. The molecule has 0 aromatic heterocycles. The lowest BCUT2D eigenvalue weighted by molar-refractivity contribution is 0.263. The minimum atomic E-state index is 0.373. The van der Waals surface area contributed by atoms with Crippen molar-refractivity contribution in [2.45, 2.75) is 6.92 Å². The lowest BCUT2D eigenvalue weighted by Gasteiger charge is -2.13. The average molecular weight is 143 g/mol. The normalized spacial score (nSPS) is 10.9. The van der Waals surface area contributed by atoms with Gasteiger partial charge in [0.05, 0.1) is 6.61 Å². The summed E-state index contributed by atoms with van der Waals surface area (Å²) in [5, 5.41) is 1.30. The molecule has 2 N–H and O–H groups in total. The Morgan fingerprint density at radius 1 is 1.90 bits per heavy atom. The van der Waals surface area contributed by atoms with E-state index in [0.29, 0.717) is 12.6 Å². The molecule has 0 rings (SSSR count). The smallest absolute Gasteiger partial charge is 0.306 e. The van der Waals surface area contributed by atoms with Gasteiger partial charge in [-0.25, -0.2) is 10.8 Å². The summed E-state index contributed by atoms with van der Waals surface area (Å²) < 4.78 is 5.02. The van der Waals surface area contributed by atoms with E-state index in [9.17, 15) is 0 Å². The summed E-state index contributed by atoms with van der Waals surface area (Å²) in [6, 6.07) is 0.373. The Morgan fingerprint density at radius 2 is 2.50 bits per heavy atom. The number of ether oxygens (including phenoxy) is 1. The number of nitrogens with zero attached hydrogens (tertiary/aromatic N) is 2. The van der Waals surface area contributed by atoms with Gasteiger partial charge in [-0.05, 0) is 6.92 Å². The maximum atomic E-state index is 5.34. The van der Waals surface area contributed by atoms with Crippen molar-refractivity contribution in [2.24, 2.45) is 10.8 Å². The molecule has 0 amide bonds. The molecular weight excluding hydrogens is 130 g/mol. The molecule has 0 spiro atoms. The SMILES string of the molecule is C=CN=C(OCC)N(C)N. The van der Waals surface area contributed by atoms with Gasteiger partial charge < -0.3 is 4.74 Å². The number of hydrazine groups is 1. The average Bonchev–Trinajstić information content (AvgIpc) is 1.87. The van der Waals surface area contributed by atoms with Gasteiger partial charge in [-0.1, -0.05) is 6.58 Å². The van der Waals surface area contributed by atoms with Crippen LogP contribution < -0.4 is 5.84 Å². The van der Waals surface area contributed by atoms with Crippen molar-refractivity contribution in [3.63, 3.8) is 0 Å². The molecular formula is C6H13N3O. The number of rotatable bonds is 2. The summed E-state index contributed by atoms with van der Waals surface area (Å²) in [5.41, 5.74) is 0. The van der Waals surface area contributed by atoms with E-state index < -0.39 is 0 Å². The molecule has 4 nitrogen and oxygen atoms in total. The van der Waals surface area contributed by atoms with Gasteiger partial charge in [0.15, 0.2) is 0 Å². The zero-order valence-corrected chi connectivity index (χ0v) is 6.37.